The lowest BCUT2D eigenvalue weighted by molar-refractivity contribution is 0.479. The van der Waals surface area contributed by atoms with E-state index in [1.807, 2.05) is 55.4 Å². The monoisotopic (exact) mass is 334 g/mol. The van der Waals surface area contributed by atoms with Crippen LogP contribution in [-0.2, 0) is 6.42 Å². The normalized spacial score (nSPS) is 10.4. The van der Waals surface area contributed by atoms with E-state index < -0.39 is 0 Å². The van der Waals surface area contributed by atoms with Gasteiger partial charge >= 0.3 is 0 Å². The third-order valence-corrected chi connectivity index (χ3v) is 3.61. The van der Waals surface area contributed by atoms with Crippen molar-refractivity contribution < 1.29 is 4.74 Å². The van der Waals surface area contributed by atoms with Crippen molar-refractivity contribution in [2.45, 2.75) is 6.42 Å². The fourth-order valence-corrected chi connectivity index (χ4v) is 2.41. The van der Waals surface area contributed by atoms with Gasteiger partial charge in [0.25, 0.3) is 0 Å². The lowest BCUT2D eigenvalue weighted by Gasteiger charge is -2.14. The van der Waals surface area contributed by atoms with E-state index in [1.165, 1.54) is 5.56 Å². The molecular weight excluding hydrogens is 316 g/mol. The van der Waals surface area contributed by atoms with Crippen LogP contribution in [0.5, 0.6) is 11.5 Å². The largest absolute Gasteiger partial charge is 0.456 e. The molecule has 0 spiro atoms. The molecule has 2 aromatic rings. The first-order valence-electron chi connectivity index (χ1n) is 6.54. The van der Waals surface area contributed by atoms with Gasteiger partial charge in [-0.3, -0.25) is 0 Å². The van der Waals surface area contributed by atoms with E-state index in [2.05, 4.69) is 22.0 Å². The number of nitrogens with zero attached hydrogens (tertiary/aromatic N) is 1. The van der Waals surface area contributed by atoms with Gasteiger partial charge in [-0.2, -0.15) is 0 Å². The highest BCUT2D eigenvalue weighted by Crippen LogP contribution is 2.31. The average molecular weight is 335 g/mol. The zero-order chi connectivity index (χ0) is 14.5. The number of rotatable bonds is 5. The van der Waals surface area contributed by atoms with Crippen molar-refractivity contribution in [2.75, 3.05) is 25.5 Å². The van der Waals surface area contributed by atoms with Crippen molar-refractivity contribution in [3.8, 4) is 11.5 Å². The maximum Gasteiger partial charge on any atom is 0.141 e. The molecule has 0 unspecified atom stereocenters. The molecule has 0 bridgehead atoms. The molecule has 0 aliphatic heterocycles. The van der Waals surface area contributed by atoms with Crippen LogP contribution in [0.25, 0.3) is 0 Å². The Morgan fingerprint density at radius 2 is 1.95 bits per heavy atom. The van der Waals surface area contributed by atoms with Crippen molar-refractivity contribution in [3.05, 3.63) is 52.5 Å². The van der Waals surface area contributed by atoms with E-state index in [-0.39, 0.29) is 0 Å². The first-order chi connectivity index (χ1) is 9.60. The van der Waals surface area contributed by atoms with Gasteiger partial charge in [0.05, 0.1) is 4.47 Å². The summed E-state index contributed by atoms with van der Waals surface area (Å²) in [5, 5.41) is 0. The van der Waals surface area contributed by atoms with E-state index in [0.717, 1.165) is 28.1 Å². The SMILES string of the molecule is CN(C)c1cccc(Oc2ccc(CCN)cc2Br)c1. The van der Waals surface area contributed by atoms with E-state index in [0.29, 0.717) is 6.54 Å². The molecule has 0 aliphatic carbocycles. The molecule has 0 radical (unpaired) electrons. The first kappa shape index (κ1) is 14.9. The number of nitrogens with two attached hydrogens (primary N) is 1. The fourth-order valence-electron chi connectivity index (χ4n) is 1.90. The Bertz CT molecular complexity index is 584. The smallest absolute Gasteiger partial charge is 0.141 e. The van der Waals surface area contributed by atoms with Crippen LogP contribution in [0.4, 0.5) is 5.69 Å². The Labute approximate surface area is 128 Å². The fraction of sp³-hybridized carbons (Fsp3) is 0.250. The minimum absolute atomic E-state index is 0.650. The number of anilines is 1. The van der Waals surface area contributed by atoms with Gasteiger partial charge in [-0.15, -0.1) is 0 Å². The van der Waals surface area contributed by atoms with Gasteiger partial charge in [-0.25, -0.2) is 0 Å². The minimum Gasteiger partial charge on any atom is -0.456 e. The van der Waals surface area contributed by atoms with Crippen molar-refractivity contribution in [1.82, 2.24) is 0 Å². The van der Waals surface area contributed by atoms with Crippen molar-refractivity contribution in [2.24, 2.45) is 5.73 Å². The van der Waals surface area contributed by atoms with Gasteiger partial charge in [0, 0.05) is 25.8 Å². The van der Waals surface area contributed by atoms with Gasteiger partial charge in [0.1, 0.15) is 11.5 Å². The second-order valence-corrected chi connectivity index (χ2v) is 5.65. The number of hydrogen-bond donors (Lipinski definition) is 1. The maximum absolute atomic E-state index is 5.93. The molecule has 0 fully saturated rings. The average Bonchev–Trinajstić information content (AvgIpc) is 2.42. The third kappa shape index (κ3) is 3.74. The highest BCUT2D eigenvalue weighted by atomic mass is 79.9. The Kier molecular flexibility index (Phi) is 5.04. The minimum atomic E-state index is 0.650. The van der Waals surface area contributed by atoms with E-state index >= 15 is 0 Å². The molecule has 2 aromatic carbocycles. The summed E-state index contributed by atoms with van der Waals surface area (Å²) in [6.45, 7) is 0.650. The van der Waals surface area contributed by atoms with Gasteiger partial charge in [-0.05, 0) is 58.7 Å². The summed E-state index contributed by atoms with van der Waals surface area (Å²) in [5.41, 5.74) is 7.88. The Hall–Kier alpha value is -1.52. The zero-order valence-corrected chi connectivity index (χ0v) is 13.4. The second-order valence-electron chi connectivity index (χ2n) is 4.80. The highest BCUT2D eigenvalue weighted by molar-refractivity contribution is 9.10. The van der Waals surface area contributed by atoms with Crippen molar-refractivity contribution in [3.63, 3.8) is 0 Å². The van der Waals surface area contributed by atoms with E-state index in [9.17, 15) is 0 Å². The van der Waals surface area contributed by atoms with Crippen LogP contribution in [0.3, 0.4) is 0 Å². The van der Waals surface area contributed by atoms with Crippen LogP contribution in [0.2, 0.25) is 0 Å². The van der Waals surface area contributed by atoms with Crippen molar-refractivity contribution >= 4 is 21.6 Å². The molecule has 0 atom stereocenters. The molecule has 0 saturated carbocycles. The number of halogens is 1. The summed E-state index contributed by atoms with van der Waals surface area (Å²) in [6.07, 6.45) is 0.870. The maximum atomic E-state index is 5.93. The molecule has 0 saturated heterocycles. The van der Waals surface area contributed by atoms with E-state index in [4.69, 9.17) is 10.5 Å². The number of hydrogen-bond acceptors (Lipinski definition) is 3. The van der Waals surface area contributed by atoms with Gasteiger partial charge in [0.2, 0.25) is 0 Å². The standard InChI is InChI=1S/C16H19BrN2O/c1-19(2)13-4-3-5-14(11-13)20-16-7-6-12(8-9-18)10-15(16)17/h3-7,10-11H,8-9,18H2,1-2H3. The lowest BCUT2D eigenvalue weighted by Crippen LogP contribution is -2.08. The van der Waals surface area contributed by atoms with Gasteiger partial charge in [0.15, 0.2) is 0 Å². The molecule has 2 rings (SSSR count). The summed E-state index contributed by atoms with van der Waals surface area (Å²) >= 11 is 3.55. The molecule has 106 valence electrons. The number of benzene rings is 2. The quantitative estimate of drug-likeness (QED) is 0.903. The third-order valence-electron chi connectivity index (χ3n) is 2.99. The van der Waals surface area contributed by atoms with Crippen molar-refractivity contribution in [1.29, 1.82) is 0 Å². The predicted octanol–water partition coefficient (Wildman–Crippen LogP) is 3.81. The number of ether oxygens (including phenoxy) is 1. The molecule has 0 heterocycles. The molecule has 0 aliphatic rings. The van der Waals surface area contributed by atoms with Crippen LogP contribution in [-0.4, -0.2) is 20.6 Å². The molecular formula is C16H19BrN2O. The van der Waals surface area contributed by atoms with Crippen LogP contribution in [0.15, 0.2) is 46.9 Å². The lowest BCUT2D eigenvalue weighted by atomic mass is 10.1. The molecule has 2 N–H and O–H groups in total. The highest BCUT2D eigenvalue weighted by Gasteiger charge is 2.05. The Morgan fingerprint density at radius 1 is 1.15 bits per heavy atom. The van der Waals surface area contributed by atoms with Crippen LogP contribution >= 0.6 is 15.9 Å². The van der Waals surface area contributed by atoms with Crippen LogP contribution in [0, 0.1) is 0 Å². The molecule has 4 heteroatoms. The first-order valence-corrected chi connectivity index (χ1v) is 7.33. The summed E-state index contributed by atoms with van der Waals surface area (Å²) < 4.78 is 6.87. The Balaban J connectivity index is 2.19. The molecule has 0 amide bonds. The predicted molar refractivity (Wildman–Crippen MR) is 87.7 cm³/mol. The topological polar surface area (TPSA) is 38.5 Å². The van der Waals surface area contributed by atoms with E-state index in [1.54, 1.807) is 0 Å². The zero-order valence-electron chi connectivity index (χ0n) is 11.8. The summed E-state index contributed by atoms with van der Waals surface area (Å²) in [5.74, 6) is 1.63. The van der Waals surface area contributed by atoms with Gasteiger partial charge in [-0.1, -0.05) is 12.1 Å². The summed E-state index contributed by atoms with van der Waals surface area (Å²) in [7, 11) is 4.02. The molecule has 20 heavy (non-hydrogen) atoms. The summed E-state index contributed by atoms with van der Waals surface area (Å²) in [6, 6.07) is 14.1. The summed E-state index contributed by atoms with van der Waals surface area (Å²) in [4.78, 5) is 2.05. The van der Waals surface area contributed by atoms with Crippen LogP contribution < -0.4 is 15.4 Å². The van der Waals surface area contributed by atoms with Gasteiger partial charge < -0.3 is 15.4 Å². The molecule has 3 nitrogen and oxygen atoms in total. The Morgan fingerprint density at radius 3 is 2.60 bits per heavy atom. The van der Waals surface area contributed by atoms with Crippen LogP contribution in [0.1, 0.15) is 5.56 Å². The second kappa shape index (κ2) is 6.77. The molecule has 0 aromatic heterocycles.